The lowest BCUT2D eigenvalue weighted by molar-refractivity contribution is -0.174. The number of alkyl halides is 3. The Kier molecular flexibility index (Phi) is 6.21. The molecule has 0 fully saturated rings. The van der Waals surface area contributed by atoms with E-state index in [0.29, 0.717) is 21.2 Å². The molecule has 13 heteroatoms. The molecule has 0 radical (unpaired) electrons. The van der Waals surface area contributed by atoms with Gasteiger partial charge in [-0.2, -0.15) is 18.3 Å². The van der Waals surface area contributed by atoms with Gasteiger partial charge in [-0.1, -0.05) is 11.6 Å². The number of carbonyl (C=O) groups excluding carboxylic acids is 1. The summed E-state index contributed by atoms with van der Waals surface area (Å²) in [6.07, 6.45) is -4.97. The molecule has 3 heterocycles. The molecule has 4 rings (SSSR count). The molecule has 1 aliphatic rings. The van der Waals surface area contributed by atoms with Crippen LogP contribution in [0.25, 0.3) is 0 Å². The van der Waals surface area contributed by atoms with Crippen LogP contribution in [0.15, 0.2) is 43.9 Å². The minimum Gasteiger partial charge on any atom is -0.495 e. The first-order valence-electron chi connectivity index (χ1n) is 9.10. The average molecular weight is 599 g/mol. The van der Waals surface area contributed by atoms with Gasteiger partial charge in [-0.3, -0.25) is 4.79 Å². The van der Waals surface area contributed by atoms with Crippen LogP contribution in [-0.2, 0) is 0 Å². The summed E-state index contributed by atoms with van der Waals surface area (Å²) in [5.74, 6) is -0.0728. The SMILES string of the molecule is COc1ccc(Cl)cc1NC(=O)c1nn2c(c1Br)N[C@H](c1ccc(Br)o1)C[C@@H]2C(F)(F)F. The molecule has 0 unspecified atom stereocenters. The Hall–Kier alpha value is -2.18. The summed E-state index contributed by atoms with van der Waals surface area (Å²) in [7, 11) is 1.41. The van der Waals surface area contributed by atoms with Gasteiger partial charge in [-0.25, -0.2) is 4.68 Å². The van der Waals surface area contributed by atoms with Crippen LogP contribution >= 0.6 is 43.5 Å². The number of halogens is 6. The van der Waals surface area contributed by atoms with Crippen LogP contribution in [0.2, 0.25) is 5.02 Å². The van der Waals surface area contributed by atoms with Gasteiger partial charge in [0.1, 0.15) is 17.3 Å². The van der Waals surface area contributed by atoms with Crippen molar-refractivity contribution in [1.29, 1.82) is 0 Å². The fourth-order valence-corrected chi connectivity index (χ4v) is 4.44. The molecule has 0 saturated heterocycles. The highest BCUT2D eigenvalue weighted by atomic mass is 79.9. The smallest absolute Gasteiger partial charge is 0.410 e. The van der Waals surface area contributed by atoms with Crippen molar-refractivity contribution in [3.8, 4) is 5.75 Å². The summed E-state index contributed by atoms with van der Waals surface area (Å²) >= 11 is 12.4. The molecule has 170 valence electrons. The Labute approximate surface area is 201 Å². The van der Waals surface area contributed by atoms with E-state index in [1.807, 2.05) is 0 Å². The number of hydrogen-bond donors (Lipinski definition) is 2. The van der Waals surface area contributed by atoms with Gasteiger partial charge in [0.2, 0.25) is 0 Å². The van der Waals surface area contributed by atoms with E-state index in [9.17, 15) is 18.0 Å². The van der Waals surface area contributed by atoms with E-state index in [0.717, 1.165) is 4.68 Å². The molecule has 0 saturated carbocycles. The predicted molar refractivity (Wildman–Crippen MR) is 118 cm³/mol. The van der Waals surface area contributed by atoms with E-state index >= 15 is 0 Å². The number of nitrogens with one attached hydrogen (secondary N) is 2. The molecule has 2 atom stereocenters. The van der Waals surface area contributed by atoms with Gasteiger partial charge < -0.3 is 19.8 Å². The monoisotopic (exact) mass is 596 g/mol. The van der Waals surface area contributed by atoms with Gasteiger partial charge in [-0.15, -0.1) is 0 Å². The number of aromatic nitrogens is 2. The molecule has 0 spiro atoms. The molecule has 0 bridgehead atoms. The first-order chi connectivity index (χ1) is 15.1. The van der Waals surface area contributed by atoms with Crippen LogP contribution in [0.1, 0.15) is 34.8 Å². The second-order valence-electron chi connectivity index (χ2n) is 6.89. The molecule has 3 aromatic rings. The van der Waals surface area contributed by atoms with Crippen molar-refractivity contribution < 1.29 is 27.1 Å². The standard InChI is InChI=1S/C19H14Br2ClF3N4O3/c1-31-11-3-2-8(22)6-9(11)27-18(30)16-15(21)17-26-10(12-4-5-14(20)32-12)7-13(19(23,24)25)29(17)28-16/h2-6,10,13,26H,7H2,1H3,(H,27,30)/t10-,13+/m0/s1. The molecular weight excluding hydrogens is 584 g/mol. The molecule has 1 aliphatic heterocycles. The molecule has 32 heavy (non-hydrogen) atoms. The van der Waals surface area contributed by atoms with E-state index in [4.69, 9.17) is 20.8 Å². The summed E-state index contributed by atoms with van der Waals surface area (Å²) in [6.45, 7) is 0. The number of nitrogens with zero attached hydrogens (tertiary/aromatic N) is 2. The van der Waals surface area contributed by atoms with E-state index < -0.39 is 24.2 Å². The third kappa shape index (κ3) is 4.35. The summed E-state index contributed by atoms with van der Waals surface area (Å²) in [4.78, 5) is 12.9. The number of carbonyl (C=O) groups is 1. The average Bonchev–Trinajstić information content (AvgIpc) is 3.30. The highest BCUT2D eigenvalue weighted by molar-refractivity contribution is 9.10. The zero-order valence-corrected chi connectivity index (χ0v) is 20.1. The summed E-state index contributed by atoms with van der Waals surface area (Å²) in [5, 5.41) is 9.87. The van der Waals surface area contributed by atoms with E-state index in [-0.39, 0.29) is 28.1 Å². The Morgan fingerprint density at radius 1 is 1.34 bits per heavy atom. The van der Waals surface area contributed by atoms with Gasteiger partial charge in [0.25, 0.3) is 5.91 Å². The highest BCUT2D eigenvalue weighted by Crippen LogP contribution is 2.46. The van der Waals surface area contributed by atoms with Crippen LogP contribution in [0.4, 0.5) is 24.7 Å². The van der Waals surface area contributed by atoms with Crippen LogP contribution in [0.5, 0.6) is 5.75 Å². The molecule has 1 amide bonds. The second kappa shape index (κ2) is 8.64. The number of amides is 1. The van der Waals surface area contributed by atoms with Crippen molar-refractivity contribution in [2.24, 2.45) is 0 Å². The third-order valence-electron chi connectivity index (χ3n) is 4.86. The fourth-order valence-electron chi connectivity index (χ4n) is 3.40. The van der Waals surface area contributed by atoms with Gasteiger partial charge in [0, 0.05) is 11.4 Å². The maximum atomic E-state index is 13.9. The van der Waals surface area contributed by atoms with E-state index in [2.05, 4.69) is 47.6 Å². The lowest BCUT2D eigenvalue weighted by atomic mass is 10.0. The van der Waals surface area contributed by atoms with Gasteiger partial charge in [0.15, 0.2) is 16.4 Å². The Morgan fingerprint density at radius 3 is 2.72 bits per heavy atom. The minimum atomic E-state index is -4.60. The zero-order chi connectivity index (χ0) is 23.2. The Bertz CT molecular complexity index is 1180. The maximum absolute atomic E-state index is 13.9. The van der Waals surface area contributed by atoms with Crippen molar-refractivity contribution in [3.63, 3.8) is 0 Å². The van der Waals surface area contributed by atoms with Crippen LogP contribution in [0, 0.1) is 0 Å². The minimum absolute atomic E-state index is 0.0132. The summed E-state index contributed by atoms with van der Waals surface area (Å²) in [6, 6.07) is 5.02. The van der Waals surface area contributed by atoms with Crippen molar-refractivity contribution >= 4 is 60.9 Å². The number of furan rings is 1. The second-order valence-corrected chi connectivity index (χ2v) is 8.90. The van der Waals surface area contributed by atoms with Crippen molar-refractivity contribution in [1.82, 2.24) is 9.78 Å². The largest absolute Gasteiger partial charge is 0.495 e. The lowest BCUT2D eigenvalue weighted by Gasteiger charge is -2.32. The topological polar surface area (TPSA) is 81.3 Å². The number of hydrogen-bond acceptors (Lipinski definition) is 5. The Balaban J connectivity index is 1.71. The number of fused-ring (bicyclic) bond motifs is 1. The maximum Gasteiger partial charge on any atom is 0.410 e. The highest BCUT2D eigenvalue weighted by Gasteiger charge is 2.48. The van der Waals surface area contributed by atoms with Gasteiger partial charge in [-0.05, 0) is 62.2 Å². The first-order valence-corrected chi connectivity index (χ1v) is 11.1. The van der Waals surface area contributed by atoms with Crippen molar-refractivity contribution in [2.45, 2.75) is 24.7 Å². The van der Waals surface area contributed by atoms with Crippen LogP contribution in [-0.4, -0.2) is 29.0 Å². The Morgan fingerprint density at radius 2 is 2.09 bits per heavy atom. The predicted octanol–water partition coefficient (Wildman–Crippen LogP) is 6.58. The zero-order valence-electron chi connectivity index (χ0n) is 16.1. The van der Waals surface area contributed by atoms with Gasteiger partial charge >= 0.3 is 6.18 Å². The third-order valence-corrected chi connectivity index (χ3v) is 6.27. The number of rotatable bonds is 4. The van der Waals surface area contributed by atoms with Crippen LogP contribution in [0.3, 0.4) is 0 Å². The van der Waals surface area contributed by atoms with Gasteiger partial charge in [0.05, 0.1) is 23.3 Å². The van der Waals surface area contributed by atoms with Crippen molar-refractivity contribution in [2.75, 3.05) is 17.7 Å². The quantitative estimate of drug-likeness (QED) is 0.355. The first kappa shape index (κ1) is 23.0. The van der Waals surface area contributed by atoms with Crippen LogP contribution < -0.4 is 15.4 Å². The summed E-state index contributed by atoms with van der Waals surface area (Å²) in [5.41, 5.74) is 0.0200. The molecule has 0 aliphatic carbocycles. The molecule has 2 N–H and O–H groups in total. The number of anilines is 2. The van der Waals surface area contributed by atoms with Crippen molar-refractivity contribution in [3.05, 3.63) is 56.0 Å². The number of methoxy groups -OCH3 is 1. The molecule has 2 aromatic heterocycles. The molecular formula is C19H14Br2ClF3N4O3. The number of benzene rings is 1. The summed E-state index contributed by atoms with van der Waals surface area (Å²) < 4.78 is 53.5. The van der Waals surface area contributed by atoms with E-state index in [1.54, 1.807) is 24.3 Å². The molecule has 1 aromatic carbocycles. The van der Waals surface area contributed by atoms with E-state index in [1.165, 1.54) is 13.2 Å². The fraction of sp³-hybridized carbons (Fsp3) is 0.263. The number of ether oxygens (including phenoxy) is 1. The molecule has 7 nitrogen and oxygen atoms in total. The normalized spacial score (nSPS) is 18.1. The lowest BCUT2D eigenvalue weighted by Crippen LogP contribution is -2.35.